The molecule has 1 aromatic carbocycles. The van der Waals surface area contributed by atoms with Crippen LogP contribution >= 0.6 is 11.6 Å². The van der Waals surface area contributed by atoms with Crippen LogP contribution in [0.5, 0.6) is 0 Å². The van der Waals surface area contributed by atoms with Crippen molar-refractivity contribution in [3.05, 3.63) is 34.9 Å². The highest BCUT2D eigenvalue weighted by atomic mass is 35.5. The van der Waals surface area contributed by atoms with E-state index < -0.39 is 6.04 Å². The fraction of sp³-hybridized carbons (Fsp3) is 0.300. The van der Waals surface area contributed by atoms with Gasteiger partial charge in [0.05, 0.1) is 12.6 Å². The molecule has 0 aliphatic carbocycles. The summed E-state index contributed by atoms with van der Waals surface area (Å²) in [4.78, 5) is 11.6. The van der Waals surface area contributed by atoms with Gasteiger partial charge in [-0.1, -0.05) is 23.7 Å². The second kappa shape index (κ2) is 5.10. The van der Waals surface area contributed by atoms with E-state index in [1.165, 1.54) is 7.11 Å². The predicted octanol–water partition coefficient (Wildman–Crippen LogP) is 1.50. The second-order valence-electron chi connectivity index (χ2n) is 2.94. The molecular weight excluding hydrogens is 202 g/mol. The fourth-order valence-electron chi connectivity index (χ4n) is 1.11. The fourth-order valence-corrected chi connectivity index (χ4v) is 1.30. The summed E-state index contributed by atoms with van der Waals surface area (Å²) < 4.78 is 4.80. The van der Waals surface area contributed by atoms with Crippen molar-refractivity contribution in [1.29, 1.82) is 0 Å². The van der Waals surface area contributed by atoms with Crippen LogP contribution in [-0.2, 0) is 4.74 Å². The molecule has 1 unspecified atom stereocenters. The molecule has 14 heavy (non-hydrogen) atoms. The lowest BCUT2D eigenvalue weighted by atomic mass is 10.1. The number of Topliss-reactive ketones (excluding diaryl/α,β-unsaturated/α-hetero) is 1. The lowest BCUT2D eigenvalue weighted by molar-refractivity contribution is 0.0892. The van der Waals surface area contributed by atoms with Crippen molar-refractivity contribution in [1.82, 2.24) is 0 Å². The number of carbonyl (C=O) groups is 1. The van der Waals surface area contributed by atoms with Gasteiger partial charge in [-0.2, -0.15) is 0 Å². The van der Waals surface area contributed by atoms with Crippen LogP contribution in [0.2, 0.25) is 5.02 Å². The second-order valence-corrected chi connectivity index (χ2v) is 3.37. The number of halogens is 1. The van der Waals surface area contributed by atoms with E-state index in [1.807, 2.05) is 0 Å². The topological polar surface area (TPSA) is 52.3 Å². The minimum atomic E-state index is -0.626. The summed E-state index contributed by atoms with van der Waals surface area (Å²) in [6, 6.07) is 6.08. The summed E-state index contributed by atoms with van der Waals surface area (Å²) in [6.07, 6.45) is 0. The molecule has 76 valence electrons. The van der Waals surface area contributed by atoms with Gasteiger partial charge in [-0.25, -0.2) is 0 Å². The number of ether oxygens (including phenoxy) is 1. The zero-order valence-electron chi connectivity index (χ0n) is 7.87. The van der Waals surface area contributed by atoms with Gasteiger partial charge in [0.1, 0.15) is 0 Å². The maximum Gasteiger partial charge on any atom is 0.181 e. The first-order valence-corrected chi connectivity index (χ1v) is 4.57. The summed E-state index contributed by atoms with van der Waals surface area (Å²) in [5.41, 5.74) is 6.11. The zero-order valence-corrected chi connectivity index (χ0v) is 8.62. The number of rotatable bonds is 4. The first-order chi connectivity index (χ1) is 6.65. The van der Waals surface area contributed by atoms with E-state index in [0.717, 1.165) is 0 Å². The van der Waals surface area contributed by atoms with E-state index >= 15 is 0 Å². The highest BCUT2D eigenvalue weighted by Crippen LogP contribution is 2.11. The molecule has 0 fully saturated rings. The summed E-state index contributed by atoms with van der Waals surface area (Å²) >= 11 is 5.75. The van der Waals surface area contributed by atoms with E-state index in [2.05, 4.69) is 0 Å². The quantitative estimate of drug-likeness (QED) is 0.772. The van der Waals surface area contributed by atoms with E-state index in [9.17, 15) is 4.79 Å². The van der Waals surface area contributed by atoms with Crippen molar-refractivity contribution >= 4 is 17.4 Å². The zero-order chi connectivity index (χ0) is 10.6. The Labute approximate surface area is 87.8 Å². The summed E-state index contributed by atoms with van der Waals surface area (Å²) in [5, 5.41) is 0.528. The highest BCUT2D eigenvalue weighted by Gasteiger charge is 2.15. The SMILES string of the molecule is COCC(N)C(=O)c1cccc(Cl)c1. The van der Waals surface area contributed by atoms with Gasteiger partial charge in [0.2, 0.25) is 0 Å². The van der Waals surface area contributed by atoms with E-state index in [0.29, 0.717) is 10.6 Å². The molecule has 1 atom stereocenters. The molecule has 0 amide bonds. The van der Waals surface area contributed by atoms with Gasteiger partial charge in [0.15, 0.2) is 5.78 Å². The third kappa shape index (κ3) is 2.80. The number of hydrogen-bond acceptors (Lipinski definition) is 3. The molecule has 1 aromatic rings. The number of methoxy groups -OCH3 is 1. The molecule has 2 N–H and O–H groups in total. The van der Waals surface area contributed by atoms with Crippen LogP contribution in [-0.4, -0.2) is 25.5 Å². The Morgan fingerprint density at radius 2 is 2.36 bits per heavy atom. The van der Waals surface area contributed by atoms with Gasteiger partial charge in [0, 0.05) is 17.7 Å². The minimum Gasteiger partial charge on any atom is -0.383 e. The summed E-state index contributed by atoms with van der Waals surface area (Å²) in [6.45, 7) is 0.214. The van der Waals surface area contributed by atoms with Crippen LogP contribution in [0.4, 0.5) is 0 Å². The molecule has 0 radical (unpaired) electrons. The Balaban J connectivity index is 2.78. The molecule has 0 heterocycles. The van der Waals surface area contributed by atoms with Crippen LogP contribution in [0.15, 0.2) is 24.3 Å². The lowest BCUT2D eigenvalue weighted by Gasteiger charge is -2.08. The maximum absolute atomic E-state index is 11.6. The third-order valence-electron chi connectivity index (χ3n) is 1.79. The van der Waals surface area contributed by atoms with Gasteiger partial charge in [0.25, 0.3) is 0 Å². The number of ketones is 1. The maximum atomic E-state index is 11.6. The van der Waals surface area contributed by atoms with Crippen molar-refractivity contribution in [2.75, 3.05) is 13.7 Å². The van der Waals surface area contributed by atoms with E-state index in [4.69, 9.17) is 22.1 Å². The van der Waals surface area contributed by atoms with Crippen LogP contribution < -0.4 is 5.73 Å². The minimum absolute atomic E-state index is 0.158. The van der Waals surface area contributed by atoms with Gasteiger partial charge in [-0.05, 0) is 12.1 Å². The molecular formula is C10H12ClNO2. The van der Waals surface area contributed by atoms with E-state index in [-0.39, 0.29) is 12.4 Å². The Kier molecular flexibility index (Phi) is 4.07. The van der Waals surface area contributed by atoms with Crippen LogP contribution in [0.25, 0.3) is 0 Å². The average Bonchev–Trinajstić information content (AvgIpc) is 2.17. The van der Waals surface area contributed by atoms with Crippen molar-refractivity contribution in [3.8, 4) is 0 Å². The Morgan fingerprint density at radius 3 is 2.93 bits per heavy atom. The van der Waals surface area contributed by atoms with Crippen molar-refractivity contribution in [2.24, 2.45) is 5.73 Å². The molecule has 1 rings (SSSR count). The Morgan fingerprint density at radius 1 is 1.64 bits per heavy atom. The summed E-state index contributed by atoms with van der Waals surface area (Å²) in [7, 11) is 1.51. The van der Waals surface area contributed by atoms with Gasteiger partial charge in [-0.3, -0.25) is 4.79 Å². The Bertz CT molecular complexity index is 328. The van der Waals surface area contributed by atoms with Gasteiger partial charge in [-0.15, -0.1) is 0 Å². The number of nitrogens with two attached hydrogens (primary N) is 1. The number of hydrogen-bond donors (Lipinski definition) is 1. The molecule has 0 bridgehead atoms. The molecule has 0 saturated heterocycles. The van der Waals surface area contributed by atoms with Gasteiger partial charge < -0.3 is 10.5 Å². The van der Waals surface area contributed by atoms with E-state index in [1.54, 1.807) is 24.3 Å². The monoisotopic (exact) mass is 213 g/mol. The first-order valence-electron chi connectivity index (χ1n) is 4.19. The van der Waals surface area contributed by atoms with Crippen molar-refractivity contribution in [3.63, 3.8) is 0 Å². The molecule has 0 spiro atoms. The van der Waals surface area contributed by atoms with Crippen LogP contribution in [0, 0.1) is 0 Å². The number of carbonyl (C=O) groups excluding carboxylic acids is 1. The largest absolute Gasteiger partial charge is 0.383 e. The predicted molar refractivity (Wildman–Crippen MR) is 55.6 cm³/mol. The molecule has 0 aromatic heterocycles. The van der Waals surface area contributed by atoms with Crippen LogP contribution in [0.3, 0.4) is 0 Å². The number of benzene rings is 1. The standard InChI is InChI=1S/C10H12ClNO2/c1-14-6-9(12)10(13)7-3-2-4-8(11)5-7/h2-5,9H,6,12H2,1H3. The molecule has 4 heteroatoms. The third-order valence-corrected chi connectivity index (χ3v) is 2.03. The van der Waals surface area contributed by atoms with Crippen molar-refractivity contribution in [2.45, 2.75) is 6.04 Å². The normalized spacial score (nSPS) is 12.5. The Hall–Kier alpha value is -0.900. The summed E-state index contributed by atoms with van der Waals surface area (Å²) in [5.74, 6) is -0.158. The molecule has 0 saturated carbocycles. The average molecular weight is 214 g/mol. The molecule has 0 aliphatic heterocycles. The van der Waals surface area contributed by atoms with Gasteiger partial charge >= 0.3 is 0 Å². The van der Waals surface area contributed by atoms with Crippen LogP contribution in [0.1, 0.15) is 10.4 Å². The van der Waals surface area contributed by atoms with Crippen molar-refractivity contribution < 1.29 is 9.53 Å². The smallest absolute Gasteiger partial charge is 0.181 e. The lowest BCUT2D eigenvalue weighted by Crippen LogP contribution is -2.34. The first kappa shape index (κ1) is 11.2. The molecule has 3 nitrogen and oxygen atoms in total. The molecule has 0 aliphatic rings. The highest BCUT2D eigenvalue weighted by molar-refractivity contribution is 6.31.